The maximum Gasteiger partial charge on any atom is 0.263 e. The normalized spacial score (nSPS) is 15.0. The number of aryl methyl sites for hydroxylation is 1. The third-order valence-corrected chi connectivity index (χ3v) is 5.94. The third kappa shape index (κ3) is 4.47. The highest BCUT2D eigenvalue weighted by Gasteiger charge is 2.17. The molecule has 0 radical (unpaired) electrons. The number of nitrogens with zero attached hydrogens (tertiary/aromatic N) is 2. The molecule has 0 bridgehead atoms. The molecule has 2 aromatic rings. The van der Waals surface area contributed by atoms with E-state index in [0.29, 0.717) is 12.5 Å². The summed E-state index contributed by atoms with van der Waals surface area (Å²) in [5.41, 5.74) is 3.21. The van der Waals surface area contributed by atoms with E-state index in [2.05, 4.69) is 53.3 Å². The number of amides is 1. The van der Waals surface area contributed by atoms with Gasteiger partial charge in [0.05, 0.1) is 5.69 Å². The van der Waals surface area contributed by atoms with Crippen molar-refractivity contribution in [2.75, 3.05) is 26.2 Å². The monoisotopic (exact) mass is 357 g/mol. The molecule has 5 heteroatoms. The fourth-order valence-corrected chi connectivity index (χ4v) is 4.14. The summed E-state index contributed by atoms with van der Waals surface area (Å²) in [7, 11) is 0. The molecular weight excluding hydrogens is 330 g/mol. The Bertz CT molecular complexity index is 715. The molecule has 0 spiro atoms. The van der Waals surface area contributed by atoms with Crippen molar-refractivity contribution in [1.29, 1.82) is 0 Å². The molecule has 1 fully saturated rings. The number of thiazole rings is 1. The minimum absolute atomic E-state index is 0.000697. The van der Waals surface area contributed by atoms with Crippen LogP contribution in [0.25, 0.3) is 10.6 Å². The topological polar surface area (TPSA) is 45.2 Å². The quantitative estimate of drug-likeness (QED) is 0.848. The molecule has 1 amide bonds. The molecule has 1 aliphatic rings. The van der Waals surface area contributed by atoms with Crippen molar-refractivity contribution < 1.29 is 4.79 Å². The van der Waals surface area contributed by atoms with Gasteiger partial charge in [-0.05, 0) is 44.3 Å². The van der Waals surface area contributed by atoms with Crippen LogP contribution in [0.3, 0.4) is 0 Å². The van der Waals surface area contributed by atoms with E-state index < -0.39 is 0 Å². The third-order valence-electron chi connectivity index (χ3n) is 4.74. The van der Waals surface area contributed by atoms with E-state index in [1.54, 1.807) is 0 Å². The Kier molecular flexibility index (Phi) is 5.86. The molecular formula is C20H27N3OS. The van der Waals surface area contributed by atoms with Gasteiger partial charge in [0.2, 0.25) is 0 Å². The van der Waals surface area contributed by atoms with E-state index in [0.717, 1.165) is 40.8 Å². The van der Waals surface area contributed by atoms with Crippen LogP contribution in [0, 0.1) is 6.92 Å². The van der Waals surface area contributed by atoms with Gasteiger partial charge in [0, 0.05) is 18.7 Å². The SMILES string of the molecule is Cc1nc(-c2ccc(C(C)C)cc2)sc1C(=O)NCCN1CCCC1. The average molecular weight is 358 g/mol. The summed E-state index contributed by atoms with van der Waals surface area (Å²) in [5, 5.41) is 3.96. The maximum atomic E-state index is 12.5. The first-order chi connectivity index (χ1) is 12.0. The fourth-order valence-electron chi connectivity index (χ4n) is 3.16. The Morgan fingerprint density at radius 2 is 1.92 bits per heavy atom. The first kappa shape index (κ1) is 18.1. The standard InChI is InChI=1S/C20H27N3OS/c1-14(2)16-6-8-17(9-7-16)20-22-15(3)18(25-20)19(24)21-10-13-23-11-4-5-12-23/h6-9,14H,4-5,10-13H2,1-3H3,(H,21,24). The van der Waals surface area contributed by atoms with Gasteiger partial charge in [0.1, 0.15) is 9.88 Å². The van der Waals surface area contributed by atoms with Gasteiger partial charge in [-0.3, -0.25) is 4.79 Å². The molecule has 1 saturated heterocycles. The van der Waals surface area contributed by atoms with Crippen LogP contribution in [-0.4, -0.2) is 42.0 Å². The number of rotatable bonds is 6. The maximum absolute atomic E-state index is 12.5. The number of nitrogens with one attached hydrogen (secondary N) is 1. The van der Waals surface area contributed by atoms with Crippen LogP contribution < -0.4 is 5.32 Å². The second-order valence-corrected chi connectivity index (χ2v) is 8.01. The minimum Gasteiger partial charge on any atom is -0.350 e. The van der Waals surface area contributed by atoms with Crippen molar-refractivity contribution in [1.82, 2.24) is 15.2 Å². The summed E-state index contributed by atoms with van der Waals surface area (Å²) in [5.74, 6) is 0.517. The van der Waals surface area contributed by atoms with Crippen molar-refractivity contribution >= 4 is 17.2 Å². The zero-order valence-corrected chi connectivity index (χ0v) is 16.2. The molecule has 0 saturated carbocycles. The molecule has 1 aromatic heterocycles. The van der Waals surface area contributed by atoms with Gasteiger partial charge < -0.3 is 10.2 Å². The summed E-state index contributed by atoms with van der Waals surface area (Å²) in [6.07, 6.45) is 2.56. The second-order valence-electron chi connectivity index (χ2n) is 7.01. The van der Waals surface area contributed by atoms with Gasteiger partial charge in [0.25, 0.3) is 5.91 Å². The number of benzene rings is 1. The molecule has 0 unspecified atom stereocenters. The van der Waals surface area contributed by atoms with Crippen LogP contribution >= 0.6 is 11.3 Å². The van der Waals surface area contributed by atoms with Crippen molar-refractivity contribution in [2.45, 2.75) is 39.5 Å². The summed E-state index contributed by atoms with van der Waals surface area (Å²) in [6, 6.07) is 8.49. The van der Waals surface area contributed by atoms with E-state index in [1.165, 1.54) is 29.7 Å². The molecule has 0 aliphatic carbocycles. The molecule has 134 valence electrons. The van der Waals surface area contributed by atoms with E-state index in [9.17, 15) is 4.79 Å². The highest BCUT2D eigenvalue weighted by atomic mass is 32.1. The number of hydrogen-bond donors (Lipinski definition) is 1. The van der Waals surface area contributed by atoms with E-state index >= 15 is 0 Å². The molecule has 3 rings (SSSR count). The summed E-state index contributed by atoms with van der Waals surface area (Å²) < 4.78 is 0. The summed E-state index contributed by atoms with van der Waals surface area (Å²) in [4.78, 5) is 20.2. The lowest BCUT2D eigenvalue weighted by Gasteiger charge is -2.14. The molecule has 1 N–H and O–H groups in total. The zero-order valence-electron chi connectivity index (χ0n) is 15.3. The second kappa shape index (κ2) is 8.11. The number of hydrogen-bond acceptors (Lipinski definition) is 4. The zero-order chi connectivity index (χ0) is 17.8. The largest absolute Gasteiger partial charge is 0.350 e. The Morgan fingerprint density at radius 3 is 2.56 bits per heavy atom. The predicted molar refractivity (Wildman–Crippen MR) is 104 cm³/mol. The number of likely N-dealkylation sites (tertiary alicyclic amines) is 1. The minimum atomic E-state index is -0.000697. The molecule has 25 heavy (non-hydrogen) atoms. The lowest BCUT2D eigenvalue weighted by atomic mass is 10.0. The Morgan fingerprint density at radius 1 is 1.24 bits per heavy atom. The lowest BCUT2D eigenvalue weighted by Crippen LogP contribution is -2.33. The smallest absolute Gasteiger partial charge is 0.263 e. The van der Waals surface area contributed by atoms with Gasteiger partial charge in [-0.15, -0.1) is 11.3 Å². The Balaban J connectivity index is 1.63. The van der Waals surface area contributed by atoms with Crippen LogP contribution in [0.5, 0.6) is 0 Å². The van der Waals surface area contributed by atoms with E-state index in [1.807, 2.05) is 6.92 Å². The Labute approximate surface area is 154 Å². The van der Waals surface area contributed by atoms with Crippen molar-refractivity contribution in [3.63, 3.8) is 0 Å². The summed E-state index contributed by atoms with van der Waals surface area (Å²) in [6.45, 7) is 10.2. The van der Waals surface area contributed by atoms with E-state index in [-0.39, 0.29) is 5.91 Å². The first-order valence-electron chi connectivity index (χ1n) is 9.13. The summed E-state index contributed by atoms with van der Waals surface area (Å²) >= 11 is 1.48. The highest BCUT2D eigenvalue weighted by molar-refractivity contribution is 7.17. The number of carbonyl (C=O) groups is 1. The van der Waals surface area contributed by atoms with Gasteiger partial charge in [0.15, 0.2) is 0 Å². The Hall–Kier alpha value is -1.72. The van der Waals surface area contributed by atoms with Gasteiger partial charge >= 0.3 is 0 Å². The fraction of sp³-hybridized carbons (Fsp3) is 0.500. The predicted octanol–water partition coefficient (Wildman–Crippen LogP) is 4.07. The van der Waals surface area contributed by atoms with Crippen LogP contribution in [0.15, 0.2) is 24.3 Å². The van der Waals surface area contributed by atoms with Crippen LogP contribution in [0.2, 0.25) is 0 Å². The van der Waals surface area contributed by atoms with Crippen LogP contribution in [0.1, 0.15) is 53.5 Å². The van der Waals surface area contributed by atoms with Gasteiger partial charge in [-0.1, -0.05) is 38.1 Å². The van der Waals surface area contributed by atoms with Gasteiger partial charge in [-0.2, -0.15) is 0 Å². The lowest BCUT2D eigenvalue weighted by molar-refractivity contribution is 0.0953. The molecule has 0 atom stereocenters. The van der Waals surface area contributed by atoms with E-state index in [4.69, 9.17) is 0 Å². The number of aromatic nitrogens is 1. The molecule has 1 aliphatic heterocycles. The molecule has 4 nitrogen and oxygen atoms in total. The average Bonchev–Trinajstić information content (AvgIpc) is 3.24. The van der Waals surface area contributed by atoms with Crippen LogP contribution in [0.4, 0.5) is 0 Å². The van der Waals surface area contributed by atoms with Gasteiger partial charge in [-0.25, -0.2) is 4.98 Å². The molecule has 2 heterocycles. The van der Waals surface area contributed by atoms with Crippen molar-refractivity contribution in [3.8, 4) is 10.6 Å². The van der Waals surface area contributed by atoms with Crippen molar-refractivity contribution in [2.24, 2.45) is 0 Å². The number of carbonyl (C=O) groups excluding carboxylic acids is 1. The first-order valence-corrected chi connectivity index (χ1v) is 9.94. The van der Waals surface area contributed by atoms with Crippen molar-refractivity contribution in [3.05, 3.63) is 40.4 Å². The molecule has 1 aromatic carbocycles. The van der Waals surface area contributed by atoms with Crippen LogP contribution in [-0.2, 0) is 0 Å². The highest BCUT2D eigenvalue weighted by Crippen LogP contribution is 2.29.